The van der Waals surface area contributed by atoms with Crippen LogP contribution in [0.25, 0.3) is 0 Å². The van der Waals surface area contributed by atoms with E-state index in [0.29, 0.717) is 11.1 Å². The smallest absolute Gasteiger partial charge is 0.335 e. The molecule has 2 aromatic carbocycles. The normalized spacial score (nSPS) is 9.30. The number of benzene rings is 2. The van der Waals surface area contributed by atoms with Gasteiger partial charge < -0.3 is 10.2 Å². The molecule has 0 fully saturated rings. The number of hydrogen-bond donors (Lipinski definition) is 2. The van der Waals surface area contributed by atoms with Crippen LogP contribution in [0.15, 0.2) is 48.5 Å². The van der Waals surface area contributed by atoms with E-state index >= 15 is 0 Å². The second-order valence-electron chi connectivity index (χ2n) is 4.28. The van der Waals surface area contributed by atoms with Crippen molar-refractivity contribution in [1.82, 2.24) is 0 Å². The van der Waals surface area contributed by atoms with Crippen molar-refractivity contribution >= 4 is 11.9 Å². The Morgan fingerprint density at radius 1 is 0.750 bits per heavy atom. The molecule has 0 saturated heterocycles. The van der Waals surface area contributed by atoms with Crippen LogP contribution in [-0.2, 0) is 0 Å². The summed E-state index contributed by atoms with van der Waals surface area (Å²) in [6.45, 7) is 3.86. The number of carbonyl (C=O) groups is 2. The zero-order valence-corrected chi connectivity index (χ0v) is 11.3. The van der Waals surface area contributed by atoms with Crippen molar-refractivity contribution in [3.05, 3.63) is 70.8 Å². The van der Waals surface area contributed by atoms with Crippen LogP contribution in [0.4, 0.5) is 0 Å². The maximum atomic E-state index is 10.5. The van der Waals surface area contributed by atoms with Gasteiger partial charge in [0.25, 0.3) is 0 Å². The van der Waals surface area contributed by atoms with Crippen LogP contribution in [0.3, 0.4) is 0 Å². The van der Waals surface area contributed by atoms with Gasteiger partial charge in [-0.05, 0) is 49.2 Å². The molecule has 0 aromatic heterocycles. The summed E-state index contributed by atoms with van der Waals surface area (Å²) in [5.41, 5.74) is 2.82. The fraction of sp³-hybridized carbons (Fsp3) is 0.125. The lowest BCUT2D eigenvalue weighted by Crippen LogP contribution is -1.96. The average Bonchev–Trinajstić information content (AvgIpc) is 2.43. The molecule has 2 rings (SSSR count). The molecule has 0 unspecified atom stereocenters. The van der Waals surface area contributed by atoms with Gasteiger partial charge in [-0.2, -0.15) is 0 Å². The van der Waals surface area contributed by atoms with E-state index < -0.39 is 11.9 Å². The first-order chi connectivity index (χ1) is 9.41. The highest BCUT2D eigenvalue weighted by Crippen LogP contribution is 2.09. The summed E-state index contributed by atoms with van der Waals surface area (Å²) in [4.78, 5) is 20.7. The maximum absolute atomic E-state index is 10.5. The van der Waals surface area contributed by atoms with Crippen molar-refractivity contribution in [1.29, 1.82) is 0 Å². The fourth-order valence-electron chi connectivity index (χ4n) is 1.46. The van der Waals surface area contributed by atoms with Crippen molar-refractivity contribution in [2.75, 3.05) is 0 Å². The highest BCUT2D eigenvalue weighted by atomic mass is 16.4. The molecule has 0 radical (unpaired) electrons. The Kier molecular flexibility index (Phi) is 5.47. The molecule has 20 heavy (non-hydrogen) atoms. The third kappa shape index (κ3) is 4.57. The van der Waals surface area contributed by atoms with E-state index in [1.165, 1.54) is 0 Å². The molecule has 2 N–H and O–H groups in total. The average molecular weight is 272 g/mol. The summed E-state index contributed by atoms with van der Waals surface area (Å²) in [5, 5.41) is 17.0. The van der Waals surface area contributed by atoms with Crippen LogP contribution in [0.1, 0.15) is 31.8 Å². The molecule has 0 aliphatic heterocycles. The van der Waals surface area contributed by atoms with Crippen molar-refractivity contribution in [2.24, 2.45) is 0 Å². The third-order valence-electron chi connectivity index (χ3n) is 2.77. The summed E-state index contributed by atoms with van der Waals surface area (Å²) in [6, 6.07) is 13.4. The van der Waals surface area contributed by atoms with E-state index in [-0.39, 0.29) is 0 Å². The Bertz CT molecular complexity index is 603. The SMILES string of the molecule is Cc1ccc(C(=O)O)cc1C.O=C(O)c1ccccc1. The van der Waals surface area contributed by atoms with Crippen molar-refractivity contribution in [3.63, 3.8) is 0 Å². The van der Waals surface area contributed by atoms with Crippen molar-refractivity contribution in [2.45, 2.75) is 13.8 Å². The highest BCUT2D eigenvalue weighted by Gasteiger charge is 2.02. The predicted molar refractivity (Wildman–Crippen MR) is 76.3 cm³/mol. The monoisotopic (exact) mass is 272 g/mol. The van der Waals surface area contributed by atoms with E-state index in [1.54, 1.807) is 42.5 Å². The second kappa shape index (κ2) is 7.09. The molecule has 0 amide bonds. The topological polar surface area (TPSA) is 74.6 Å². The van der Waals surface area contributed by atoms with Gasteiger partial charge in [-0.1, -0.05) is 24.3 Å². The van der Waals surface area contributed by atoms with Gasteiger partial charge in [-0.3, -0.25) is 0 Å². The Balaban J connectivity index is 0.000000204. The van der Waals surface area contributed by atoms with E-state index in [9.17, 15) is 9.59 Å². The molecule has 104 valence electrons. The Morgan fingerprint density at radius 2 is 1.30 bits per heavy atom. The minimum Gasteiger partial charge on any atom is -0.478 e. The van der Waals surface area contributed by atoms with E-state index in [0.717, 1.165) is 11.1 Å². The lowest BCUT2D eigenvalue weighted by Gasteiger charge is -1.99. The molecule has 0 spiro atoms. The van der Waals surface area contributed by atoms with Gasteiger partial charge >= 0.3 is 11.9 Å². The summed E-state index contributed by atoms with van der Waals surface area (Å²) >= 11 is 0. The largest absolute Gasteiger partial charge is 0.478 e. The molecular weight excluding hydrogens is 256 g/mol. The highest BCUT2D eigenvalue weighted by molar-refractivity contribution is 5.88. The standard InChI is InChI=1S/C9H10O2.C7H6O2/c1-6-3-4-8(9(10)11)5-7(6)2;8-7(9)6-4-2-1-3-5-6/h3-5H,1-2H3,(H,10,11);1-5H,(H,8,9). The Morgan fingerprint density at radius 3 is 1.70 bits per heavy atom. The first kappa shape index (κ1) is 15.4. The van der Waals surface area contributed by atoms with Crippen LogP contribution < -0.4 is 0 Å². The second-order valence-corrected chi connectivity index (χ2v) is 4.28. The van der Waals surface area contributed by atoms with Crippen molar-refractivity contribution < 1.29 is 19.8 Å². The molecule has 4 nitrogen and oxygen atoms in total. The number of carboxylic acid groups (broad SMARTS) is 2. The fourth-order valence-corrected chi connectivity index (χ4v) is 1.46. The number of rotatable bonds is 2. The first-order valence-corrected chi connectivity index (χ1v) is 6.00. The van der Waals surface area contributed by atoms with Crippen LogP contribution in [0, 0.1) is 13.8 Å². The summed E-state index contributed by atoms with van der Waals surface area (Å²) in [6.07, 6.45) is 0. The molecular formula is C16H16O4. The van der Waals surface area contributed by atoms with Gasteiger partial charge in [-0.25, -0.2) is 9.59 Å². The zero-order valence-electron chi connectivity index (χ0n) is 11.3. The quantitative estimate of drug-likeness (QED) is 0.878. The molecule has 0 saturated carbocycles. The molecule has 4 heteroatoms. The summed E-state index contributed by atoms with van der Waals surface area (Å²) < 4.78 is 0. The third-order valence-corrected chi connectivity index (χ3v) is 2.77. The molecule has 0 aliphatic rings. The molecule has 0 aliphatic carbocycles. The van der Waals surface area contributed by atoms with Gasteiger partial charge in [0.1, 0.15) is 0 Å². The van der Waals surface area contributed by atoms with E-state index in [2.05, 4.69) is 0 Å². The Labute approximate surface area is 117 Å². The maximum Gasteiger partial charge on any atom is 0.335 e. The lowest BCUT2D eigenvalue weighted by molar-refractivity contribution is 0.0686. The summed E-state index contributed by atoms with van der Waals surface area (Å²) in [5.74, 6) is -1.75. The zero-order chi connectivity index (χ0) is 15.1. The van der Waals surface area contributed by atoms with Gasteiger partial charge in [-0.15, -0.1) is 0 Å². The van der Waals surface area contributed by atoms with Gasteiger partial charge in [0.15, 0.2) is 0 Å². The van der Waals surface area contributed by atoms with E-state index in [4.69, 9.17) is 10.2 Å². The Hall–Kier alpha value is -2.62. The number of aryl methyl sites for hydroxylation is 2. The minimum absolute atomic E-state index is 0.331. The molecule has 0 bridgehead atoms. The lowest BCUT2D eigenvalue weighted by atomic mass is 10.1. The summed E-state index contributed by atoms with van der Waals surface area (Å²) in [7, 11) is 0. The number of carboxylic acids is 2. The van der Waals surface area contributed by atoms with Crippen LogP contribution in [0.5, 0.6) is 0 Å². The van der Waals surface area contributed by atoms with Gasteiger partial charge in [0, 0.05) is 0 Å². The van der Waals surface area contributed by atoms with Gasteiger partial charge in [0.05, 0.1) is 11.1 Å². The van der Waals surface area contributed by atoms with Crippen molar-refractivity contribution in [3.8, 4) is 0 Å². The van der Waals surface area contributed by atoms with Crippen LogP contribution in [0.2, 0.25) is 0 Å². The number of hydrogen-bond acceptors (Lipinski definition) is 2. The molecule has 0 heterocycles. The number of aromatic carboxylic acids is 2. The first-order valence-electron chi connectivity index (χ1n) is 6.00. The minimum atomic E-state index is -0.879. The van der Waals surface area contributed by atoms with Crippen LogP contribution in [-0.4, -0.2) is 22.2 Å². The van der Waals surface area contributed by atoms with Gasteiger partial charge in [0.2, 0.25) is 0 Å². The molecule has 0 atom stereocenters. The van der Waals surface area contributed by atoms with E-state index in [1.807, 2.05) is 19.9 Å². The predicted octanol–water partition coefficient (Wildman–Crippen LogP) is 3.39. The molecule has 2 aromatic rings. The van der Waals surface area contributed by atoms with Crippen LogP contribution >= 0.6 is 0 Å².